The normalized spacial score (nSPS) is 11.8. The number of pyridine rings is 1. The number of hydrogen-bond donors (Lipinski definition) is 5. The second-order valence-corrected chi connectivity index (χ2v) is 8.13. The Morgan fingerprint density at radius 1 is 0.971 bits per heavy atom. The molecule has 8 nitrogen and oxygen atoms in total. The third-order valence-electron chi connectivity index (χ3n) is 5.58. The number of aromatic amines is 1. The molecule has 0 aliphatic carbocycles. The maximum Gasteiger partial charge on any atom is 0.412 e. The number of aliphatic hydroxyl groups is 1. The Balaban J connectivity index is 1.26. The van der Waals surface area contributed by atoms with Crippen LogP contribution in [0.15, 0.2) is 83.7 Å². The molecule has 180 valence electrons. The molecule has 0 fully saturated rings. The number of aliphatic hydroxyl groups excluding tert-OH is 1. The van der Waals surface area contributed by atoms with Crippen LogP contribution in [0.1, 0.15) is 22.8 Å². The van der Waals surface area contributed by atoms with E-state index in [2.05, 4.69) is 15.6 Å². The summed E-state index contributed by atoms with van der Waals surface area (Å²) < 4.78 is 5.38. The number of rotatable bonds is 9. The number of amides is 1. The summed E-state index contributed by atoms with van der Waals surface area (Å²) in [5.74, 6) is 0.412. The number of ether oxygens (including phenoxy) is 1. The van der Waals surface area contributed by atoms with Crippen molar-refractivity contribution in [2.24, 2.45) is 0 Å². The number of carbonyl (C=O) groups excluding carboxylic acids is 1. The fourth-order valence-electron chi connectivity index (χ4n) is 3.81. The van der Waals surface area contributed by atoms with E-state index in [4.69, 9.17) is 4.74 Å². The van der Waals surface area contributed by atoms with Crippen LogP contribution >= 0.6 is 0 Å². The van der Waals surface area contributed by atoms with Crippen LogP contribution in [0.5, 0.6) is 11.5 Å². The smallest absolute Gasteiger partial charge is 0.412 e. The zero-order chi connectivity index (χ0) is 24.6. The van der Waals surface area contributed by atoms with E-state index in [0.717, 1.165) is 11.1 Å². The molecule has 0 saturated heterocycles. The molecule has 0 bridgehead atoms. The van der Waals surface area contributed by atoms with Crippen molar-refractivity contribution in [3.05, 3.63) is 106 Å². The summed E-state index contributed by atoms with van der Waals surface area (Å²) in [7, 11) is 0. The number of fused-ring (bicyclic) bond motifs is 1. The van der Waals surface area contributed by atoms with E-state index in [-0.39, 0.29) is 17.9 Å². The number of benzene rings is 3. The first-order chi connectivity index (χ1) is 17.0. The number of H-pyrrole nitrogens is 1. The molecule has 8 heteroatoms. The average Bonchev–Trinajstić information content (AvgIpc) is 2.87. The topological polar surface area (TPSA) is 124 Å². The molecular formula is C27H27N3O5. The maximum absolute atomic E-state index is 12.1. The van der Waals surface area contributed by atoms with E-state index in [9.17, 15) is 19.8 Å². The van der Waals surface area contributed by atoms with Crippen molar-refractivity contribution < 1.29 is 19.7 Å². The molecule has 35 heavy (non-hydrogen) atoms. The number of hydrogen-bond acceptors (Lipinski definition) is 6. The van der Waals surface area contributed by atoms with Crippen molar-refractivity contribution in [2.75, 3.05) is 13.1 Å². The standard InChI is InChI=1S/C27H27N3O5/c31-23-11-9-21(22-10-12-25(33)30-26(22)23)24(32)17-28-14-13-18-7-4-8-20(15-18)35-27(34)29-16-19-5-2-1-3-6-19/h1-12,15,24,28,31-32H,13-14,16-17H2,(H,29,34)(H,30,33)/t24-/m0/s1. The number of nitrogens with one attached hydrogen (secondary N) is 3. The van der Waals surface area contributed by atoms with Crippen molar-refractivity contribution in [3.63, 3.8) is 0 Å². The molecule has 3 aromatic carbocycles. The molecule has 5 N–H and O–H groups in total. The van der Waals surface area contributed by atoms with Gasteiger partial charge in [-0.2, -0.15) is 0 Å². The SMILES string of the molecule is O=C(NCc1ccccc1)Oc1cccc(CCNC[C@H](O)c2ccc(O)c3[nH]c(=O)ccc23)c1. The fourth-order valence-corrected chi connectivity index (χ4v) is 3.81. The average molecular weight is 474 g/mol. The molecule has 1 atom stereocenters. The molecule has 0 unspecified atom stereocenters. The molecule has 1 aromatic heterocycles. The van der Waals surface area contributed by atoms with Crippen molar-refractivity contribution in [1.29, 1.82) is 0 Å². The second-order valence-electron chi connectivity index (χ2n) is 8.13. The summed E-state index contributed by atoms with van der Waals surface area (Å²) in [5.41, 5.74) is 2.56. The molecular weight excluding hydrogens is 446 g/mol. The quantitative estimate of drug-likeness (QED) is 0.238. The van der Waals surface area contributed by atoms with Crippen LogP contribution in [0.3, 0.4) is 0 Å². The van der Waals surface area contributed by atoms with Crippen molar-refractivity contribution in [2.45, 2.75) is 19.1 Å². The summed E-state index contributed by atoms with van der Waals surface area (Å²) in [5, 5.41) is 27.2. The van der Waals surface area contributed by atoms with Crippen molar-refractivity contribution >= 4 is 17.0 Å². The van der Waals surface area contributed by atoms with E-state index in [1.165, 1.54) is 12.1 Å². The van der Waals surface area contributed by atoms with Gasteiger partial charge >= 0.3 is 6.09 Å². The van der Waals surface area contributed by atoms with Crippen LogP contribution < -0.4 is 20.9 Å². The summed E-state index contributed by atoms with van der Waals surface area (Å²) in [6.07, 6.45) is -0.680. The molecule has 4 aromatic rings. The lowest BCUT2D eigenvalue weighted by Crippen LogP contribution is -2.26. The zero-order valence-corrected chi connectivity index (χ0v) is 19.0. The predicted molar refractivity (Wildman–Crippen MR) is 134 cm³/mol. The van der Waals surface area contributed by atoms with Gasteiger partial charge in [0.25, 0.3) is 0 Å². The van der Waals surface area contributed by atoms with E-state index >= 15 is 0 Å². The second kappa shape index (κ2) is 11.3. The minimum atomic E-state index is -0.827. The highest BCUT2D eigenvalue weighted by atomic mass is 16.6. The van der Waals surface area contributed by atoms with Gasteiger partial charge in [-0.1, -0.05) is 48.5 Å². The number of aromatic nitrogens is 1. The van der Waals surface area contributed by atoms with Gasteiger partial charge in [0.1, 0.15) is 11.5 Å². The fraction of sp³-hybridized carbons (Fsp3) is 0.185. The van der Waals surface area contributed by atoms with Gasteiger partial charge in [-0.25, -0.2) is 4.79 Å². The van der Waals surface area contributed by atoms with Gasteiger partial charge in [0.15, 0.2) is 0 Å². The highest BCUT2D eigenvalue weighted by Gasteiger charge is 2.14. The Morgan fingerprint density at radius 3 is 2.60 bits per heavy atom. The Bertz CT molecular complexity index is 1350. The summed E-state index contributed by atoms with van der Waals surface area (Å²) in [6, 6.07) is 23.0. The number of phenols is 1. The lowest BCUT2D eigenvalue weighted by molar-refractivity contribution is 0.176. The highest BCUT2D eigenvalue weighted by molar-refractivity contribution is 5.87. The first-order valence-corrected chi connectivity index (χ1v) is 11.3. The monoisotopic (exact) mass is 473 g/mol. The molecule has 1 amide bonds. The van der Waals surface area contributed by atoms with Crippen LogP contribution in [-0.2, 0) is 13.0 Å². The van der Waals surface area contributed by atoms with Gasteiger partial charge in [-0.05, 0) is 53.9 Å². The molecule has 0 radical (unpaired) electrons. The first-order valence-electron chi connectivity index (χ1n) is 11.3. The lowest BCUT2D eigenvalue weighted by Gasteiger charge is -2.15. The predicted octanol–water partition coefficient (Wildman–Crippen LogP) is 3.39. The summed E-state index contributed by atoms with van der Waals surface area (Å²) in [6.45, 7) is 1.27. The summed E-state index contributed by atoms with van der Waals surface area (Å²) in [4.78, 5) is 26.3. The van der Waals surface area contributed by atoms with Crippen LogP contribution in [0.25, 0.3) is 10.9 Å². The Morgan fingerprint density at radius 2 is 1.77 bits per heavy atom. The van der Waals surface area contributed by atoms with Gasteiger partial charge in [-0.3, -0.25) is 4.79 Å². The van der Waals surface area contributed by atoms with Crippen LogP contribution in [0.2, 0.25) is 0 Å². The van der Waals surface area contributed by atoms with Gasteiger partial charge in [0.05, 0.1) is 11.6 Å². The Kier molecular flexibility index (Phi) is 7.77. The third kappa shape index (κ3) is 6.47. The van der Waals surface area contributed by atoms with Crippen LogP contribution in [0, 0.1) is 0 Å². The molecule has 0 saturated carbocycles. The van der Waals surface area contributed by atoms with Gasteiger partial charge in [-0.15, -0.1) is 0 Å². The number of phenolic OH excluding ortho intramolecular Hbond substituents is 1. The Labute approximate surface area is 202 Å². The van der Waals surface area contributed by atoms with Crippen LogP contribution in [0.4, 0.5) is 4.79 Å². The minimum absolute atomic E-state index is 0.0440. The molecule has 0 aliphatic rings. The largest absolute Gasteiger partial charge is 0.506 e. The highest BCUT2D eigenvalue weighted by Crippen LogP contribution is 2.28. The van der Waals surface area contributed by atoms with Gasteiger partial charge in [0, 0.05) is 24.5 Å². The molecule has 0 aliphatic heterocycles. The van der Waals surface area contributed by atoms with E-state index in [1.54, 1.807) is 18.2 Å². The van der Waals surface area contributed by atoms with Gasteiger partial charge in [0.2, 0.25) is 5.56 Å². The lowest BCUT2D eigenvalue weighted by atomic mass is 10.0. The number of aromatic hydroxyl groups is 1. The Hall–Kier alpha value is -4.14. The summed E-state index contributed by atoms with van der Waals surface area (Å²) >= 11 is 0. The minimum Gasteiger partial charge on any atom is -0.506 e. The van der Waals surface area contributed by atoms with Crippen molar-refractivity contribution in [3.8, 4) is 11.5 Å². The van der Waals surface area contributed by atoms with Crippen molar-refractivity contribution in [1.82, 2.24) is 15.6 Å². The van der Waals surface area contributed by atoms with E-state index < -0.39 is 12.2 Å². The van der Waals surface area contributed by atoms with Crippen LogP contribution in [-0.4, -0.2) is 34.4 Å². The van der Waals surface area contributed by atoms with Gasteiger partial charge < -0.3 is 30.6 Å². The first kappa shape index (κ1) is 24.0. The molecule has 0 spiro atoms. The maximum atomic E-state index is 12.1. The molecule has 4 rings (SSSR count). The van der Waals surface area contributed by atoms with E-state index in [1.807, 2.05) is 48.5 Å². The zero-order valence-electron chi connectivity index (χ0n) is 19.0. The third-order valence-corrected chi connectivity index (χ3v) is 5.58. The van der Waals surface area contributed by atoms with E-state index in [0.29, 0.717) is 41.7 Å². The number of carbonyl (C=O) groups is 1. The molecule has 1 heterocycles.